The summed E-state index contributed by atoms with van der Waals surface area (Å²) in [4.78, 5) is 0. The van der Waals surface area contributed by atoms with Crippen LogP contribution in [0.2, 0.25) is 0 Å². The summed E-state index contributed by atoms with van der Waals surface area (Å²) in [7, 11) is 0. The highest BCUT2D eigenvalue weighted by Crippen LogP contribution is 2.44. The highest BCUT2D eigenvalue weighted by molar-refractivity contribution is 7.26. The third kappa shape index (κ3) is 1.92. The summed E-state index contributed by atoms with van der Waals surface area (Å²) in [5.41, 5.74) is 7.71. The molecule has 0 radical (unpaired) electrons. The van der Waals surface area contributed by atoms with E-state index in [0.717, 1.165) is 11.5 Å². The van der Waals surface area contributed by atoms with Crippen molar-refractivity contribution >= 4 is 76.4 Å². The number of para-hydroxylation sites is 2. The van der Waals surface area contributed by atoms with Crippen molar-refractivity contribution in [1.29, 1.82) is 0 Å². The first-order valence-corrected chi connectivity index (χ1v) is 12.5. The number of benzene rings is 5. The van der Waals surface area contributed by atoms with E-state index in [-0.39, 0.29) is 6.71 Å². The molecule has 5 aromatic carbocycles. The number of thiophene rings is 1. The summed E-state index contributed by atoms with van der Waals surface area (Å²) in [5.74, 6) is 1.94. The number of rotatable bonds is 0. The summed E-state index contributed by atoms with van der Waals surface area (Å²) in [6.07, 6.45) is 0. The molecule has 4 heterocycles. The number of nitrogens with zero attached hydrogens (tertiary/aromatic N) is 1. The molecule has 0 unspecified atom stereocenters. The molecule has 0 aliphatic carbocycles. The molecule has 0 atom stereocenters. The number of ether oxygens (including phenoxy) is 1. The van der Waals surface area contributed by atoms with Crippen molar-refractivity contribution < 1.29 is 4.74 Å². The molecule has 2 nitrogen and oxygen atoms in total. The van der Waals surface area contributed by atoms with E-state index in [2.05, 4.69) is 102 Å². The van der Waals surface area contributed by atoms with E-state index >= 15 is 0 Å². The highest BCUT2D eigenvalue weighted by Gasteiger charge is 2.40. The molecule has 9 rings (SSSR count). The highest BCUT2D eigenvalue weighted by atomic mass is 32.1. The van der Waals surface area contributed by atoms with Gasteiger partial charge in [-0.05, 0) is 52.8 Å². The van der Waals surface area contributed by atoms with Crippen LogP contribution in [0.15, 0.2) is 97.1 Å². The molecule has 0 saturated carbocycles. The van der Waals surface area contributed by atoms with E-state index < -0.39 is 0 Å². The minimum atomic E-state index is 0.176. The zero-order valence-electron chi connectivity index (χ0n) is 18.1. The Labute approximate surface area is 199 Å². The fourth-order valence-corrected chi connectivity index (χ4v) is 7.60. The van der Waals surface area contributed by atoms with E-state index in [1.165, 1.54) is 64.1 Å². The van der Waals surface area contributed by atoms with Gasteiger partial charge in [-0.15, -0.1) is 11.3 Å². The van der Waals surface area contributed by atoms with Gasteiger partial charge in [-0.25, -0.2) is 0 Å². The van der Waals surface area contributed by atoms with E-state index in [1.54, 1.807) is 0 Å². The van der Waals surface area contributed by atoms with Gasteiger partial charge < -0.3 is 9.30 Å². The van der Waals surface area contributed by atoms with Crippen LogP contribution in [0.3, 0.4) is 0 Å². The van der Waals surface area contributed by atoms with Crippen LogP contribution in [0.25, 0.3) is 47.7 Å². The van der Waals surface area contributed by atoms with Crippen molar-refractivity contribution in [2.45, 2.75) is 0 Å². The SMILES string of the molecule is c1ccc2c(c1)Oc1ccc3c4c5sc6ccccc6c5ccc4n4c3c1B2c1ccccc1-4. The largest absolute Gasteiger partial charge is 0.458 e. The zero-order chi connectivity index (χ0) is 22.0. The lowest BCUT2D eigenvalue weighted by atomic mass is 9.34. The van der Waals surface area contributed by atoms with Crippen LogP contribution < -0.4 is 21.1 Å². The lowest BCUT2D eigenvalue weighted by molar-refractivity contribution is 0.488. The van der Waals surface area contributed by atoms with Crippen LogP contribution in [-0.4, -0.2) is 11.3 Å². The molecule has 0 fully saturated rings. The maximum absolute atomic E-state index is 6.48. The Kier molecular flexibility index (Phi) is 3.03. The first-order chi connectivity index (χ1) is 16.9. The average Bonchev–Trinajstić information content (AvgIpc) is 3.43. The van der Waals surface area contributed by atoms with Crippen molar-refractivity contribution in [3.8, 4) is 17.2 Å². The van der Waals surface area contributed by atoms with Crippen LogP contribution in [0.5, 0.6) is 11.5 Å². The molecule has 34 heavy (non-hydrogen) atoms. The fourth-order valence-electron chi connectivity index (χ4n) is 6.34. The van der Waals surface area contributed by atoms with E-state index in [4.69, 9.17) is 4.74 Å². The monoisotopic (exact) mass is 449 g/mol. The molecule has 0 amide bonds. The molecule has 2 aromatic heterocycles. The van der Waals surface area contributed by atoms with Crippen molar-refractivity contribution in [3.63, 3.8) is 0 Å². The number of fused-ring (bicyclic) bond motifs is 12. The molecule has 0 N–H and O–H groups in total. The molecule has 2 aliphatic heterocycles. The van der Waals surface area contributed by atoms with Crippen LogP contribution in [0.1, 0.15) is 0 Å². The van der Waals surface area contributed by atoms with Gasteiger partial charge in [0.15, 0.2) is 0 Å². The quantitative estimate of drug-likeness (QED) is 0.256. The molecule has 2 aliphatic rings. The normalized spacial score (nSPS) is 13.5. The van der Waals surface area contributed by atoms with Gasteiger partial charge in [-0.1, -0.05) is 60.7 Å². The van der Waals surface area contributed by atoms with Crippen molar-refractivity contribution in [2.75, 3.05) is 0 Å². The molecule has 0 saturated heterocycles. The number of hydrogen-bond acceptors (Lipinski definition) is 2. The second-order valence-corrected chi connectivity index (χ2v) is 10.3. The average molecular weight is 449 g/mol. The predicted octanol–water partition coefficient (Wildman–Crippen LogP) is 6.09. The van der Waals surface area contributed by atoms with Crippen LogP contribution in [-0.2, 0) is 0 Å². The van der Waals surface area contributed by atoms with Gasteiger partial charge in [0, 0.05) is 36.6 Å². The zero-order valence-corrected chi connectivity index (χ0v) is 18.9. The van der Waals surface area contributed by atoms with E-state index in [9.17, 15) is 0 Å². The Hall–Kier alpha value is -4.02. The van der Waals surface area contributed by atoms with Gasteiger partial charge >= 0.3 is 0 Å². The predicted molar refractivity (Wildman–Crippen MR) is 145 cm³/mol. The van der Waals surface area contributed by atoms with Crippen LogP contribution in [0.4, 0.5) is 0 Å². The van der Waals surface area contributed by atoms with E-state index in [0.29, 0.717) is 0 Å². The Morgan fingerprint density at radius 1 is 0.647 bits per heavy atom. The second kappa shape index (κ2) is 5.91. The summed E-state index contributed by atoms with van der Waals surface area (Å²) in [6, 6.07) is 35.2. The molecule has 0 spiro atoms. The molecule has 4 heteroatoms. The summed E-state index contributed by atoms with van der Waals surface area (Å²) < 4.78 is 11.7. The summed E-state index contributed by atoms with van der Waals surface area (Å²) in [6.45, 7) is 0.176. The van der Waals surface area contributed by atoms with Crippen LogP contribution in [0, 0.1) is 0 Å². The minimum Gasteiger partial charge on any atom is -0.458 e. The first-order valence-electron chi connectivity index (χ1n) is 11.7. The Balaban J connectivity index is 1.54. The fraction of sp³-hybridized carbons (Fsp3) is 0. The molecule has 7 aromatic rings. The van der Waals surface area contributed by atoms with Crippen molar-refractivity contribution in [1.82, 2.24) is 4.57 Å². The lowest BCUT2D eigenvalue weighted by Crippen LogP contribution is -2.58. The molecule has 0 bridgehead atoms. The Morgan fingerprint density at radius 2 is 1.44 bits per heavy atom. The maximum atomic E-state index is 6.48. The van der Waals surface area contributed by atoms with Crippen LogP contribution >= 0.6 is 11.3 Å². The summed E-state index contributed by atoms with van der Waals surface area (Å²) >= 11 is 1.91. The number of aromatic nitrogens is 1. The van der Waals surface area contributed by atoms with Gasteiger partial charge in [0.05, 0.1) is 11.0 Å². The van der Waals surface area contributed by atoms with Gasteiger partial charge in [-0.3, -0.25) is 0 Å². The molecular formula is C30H16BNOS. The smallest absolute Gasteiger partial charge is 0.256 e. The van der Waals surface area contributed by atoms with Gasteiger partial charge in [0.2, 0.25) is 0 Å². The summed E-state index contributed by atoms with van der Waals surface area (Å²) in [5, 5.41) is 5.35. The lowest BCUT2D eigenvalue weighted by Gasteiger charge is -2.32. The number of hydrogen-bond donors (Lipinski definition) is 0. The van der Waals surface area contributed by atoms with Gasteiger partial charge in [-0.2, -0.15) is 0 Å². The topological polar surface area (TPSA) is 14.2 Å². The van der Waals surface area contributed by atoms with Gasteiger partial charge in [0.25, 0.3) is 6.71 Å². The second-order valence-electron chi connectivity index (χ2n) is 9.28. The first kappa shape index (κ1) is 17.5. The standard InChI is InChI=1S/C30H16BNOS/c1-6-12-26-17(7-1)18-13-15-23-27(30(18)34-26)19-14-16-25-28-29(19)32(23)22-10-4-2-8-20(22)31(28)21-9-3-5-11-24(21)33-25/h1-16H. The van der Waals surface area contributed by atoms with E-state index in [1.807, 2.05) is 11.3 Å². The maximum Gasteiger partial charge on any atom is 0.256 e. The third-order valence-electron chi connectivity index (χ3n) is 7.66. The van der Waals surface area contributed by atoms with Gasteiger partial charge in [0.1, 0.15) is 11.5 Å². The molecule has 156 valence electrons. The van der Waals surface area contributed by atoms with Crippen molar-refractivity contribution in [3.05, 3.63) is 97.1 Å². The Bertz CT molecular complexity index is 2010. The third-order valence-corrected chi connectivity index (χ3v) is 8.87. The Morgan fingerprint density at radius 3 is 2.41 bits per heavy atom. The molecular weight excluding hydrogens is 433 g/mol. The van der Waals surface area contributed by atoms with Crippen molar-refractivity contribution in [2.24, 2.45) is 0 Å². The minimum absolute atomic E-state index is 0.176.